The highest BCUT2D eigenvalue weighted by Gasteiger charge is 2.36. The molecule has 1 fully saturated rings. The van der Waals surface area contributed by atoms with Gasteiger partial charge in [-0.1, -0.05) is 24.3 Å². The monoisotopic (exact) mass is 374 g/mol. The SMILES string of the molecule is Cc1c(N2CCN(C)CC2)nc2n1-c1ccccc1[N+](C)(C)c1ccccc1-2. The first kappa shape index (κ1) is 17.5. The summed E-state index contributed by atoms with van der Waals surface area (Å²) in [5.41, 5.74) is 6.24. The van der Waals surface area contributed by atoms with Gasteiger partial charge in [0, 0.05) is 38.3 Å². The number of imidazole rings is 1. The van der Waals surface area contributed by atoms with Gasteiger partial charge < -0.3 is 9.80 Å². The normalized spacial score (nSPS) is 18.2. The summed E-state index contributed by atoms with van der Waals surface area (Å²) in [7, 11) is 6.72. The summed E-state index contributed by atoms with van der Waals surface area (Å²) in [5.74, 6) is 2.18. The maximum Gasteiger partial charge on any atom is 0.161 e. The molecule has 1 saturated heterocycles. The molecule has 0 aliphatic carbocycles. The van der Waals surface area contributed by atoms with Crippen LogP contribution in [0.3, 0.4) is 0 Å². The van der Waals surface area contributed by atoms with Gasteiger partial charge in [-0.05, 0) is 26.1 Å². The first-order valence-electron chi connectivity index (χ1n) is 10.1. The van der Waals surface area contributed by atoms with Crippen molar-refractivity contribution in [1.29, 1.82) is 0 Å². The van der Waals surface area contributed by atoms with E-state index in [2.05, 4.69) is 91.0 Å². The van der Waals surface area contributed by atoms with E-state index in [-0.39, 0.29) is 0 Å². The molecule has 0 bridgehead atoms. The van der Waals surface area contributed by atoms with Crippen molar-refractivity contribution in [3.05, 3.63) is 54.2 Å². The van der Waals surface area contributed by atoms with E-state index in [1.165, 1.54) is 28.3 Å². The molecule has 2 aliphatic heterocycles. The van der Waals surface area contributed by atoms with Gasteiger partial charge in [0.2, 0.25) is 0 Å². The zero-order chi connectivity index (χ0) is 19.5. The van der Waals surface area contributed by atoms with E-state index in [1.54, 1.807) is 0 Å². The highest BCUT2D eigenvalue weighted by atomic mass is 15.4. The lowest BCUT2D eigenvalue weighted by atomic mass is 10.1. The van der Waals surface area contributed by atoms with Gasteiger partial charge in [0.1, 0.15) is 11.4 Å². The minimum absolute atomic E-state index is 0.707. The zero-order valence-electron chi connectivity index (χ0n) is 17.2. The summed E-state index contributed by atoms with van der Waals surface area (Å²) in [6.07, 6.45) is 0. The van der Waals surface area contributed by atoms with E-state index in [1.807, 2.05) is 0 Å². The fourth-order valence-electron chi connectivity index (χ4n) is 4.69. The Bertz CT molecular complexity index is 1040. The van der Waals surface area contributed by atoms with Crippen LogP contribution in [0.25, 0.3) is 17.1 Å². The van der Waals surface area contributed by atoms with E-state index in [0.717, 1.165) is 37.8 Å². The number of anilines is 1. The van der Waals surface area contributed by atoms with Crippen LogP contribution in [0.5, 0.6) is 0 Å². The number of aromatic nitrogens is 2. The summed E-state index contributed by atoms with van der Waals surface area (Å²) < 4.78 is 3.08. The van der Waals surface area contributed by atoms with Crippen LogP contribution < -0.4 is 9.38 Å². The Morgan fingerprint density at radius 2 is 1.50 bits per heavy atom. The van der Waals surface area contributed by atoms with E-state index in [0.29, 0.717) is 4.48 Å². The van der Waals surface area contributed by atoms with Crippen molar-refractivity contribution in [2.24, 2.45) is 0 Å². The van der Waals surface area contributed by atoms with Gasteiger partial charge >= 0.3 is 0 Å². The first-order valence-corrected chi connectivity index (χ1v) is 10.1. The second-order valence-corrected chi connectivity index (χ2v) is 8.43. The molecule has 0 spiro atoms. The van der Waals surface area contributed by atoms with Crippen LogP contribution in [0.1, 0.15) is 5.69 Å². The molecule has 1 aromatic heterocycles. The number of nitrogens with zero attached hydrogens (tertiary/aromatic N) is 5. The van der Waals surface area contributed by atoms with Crippen molar-refractivity contribution in [3.63, 3.8) is 0 Å². The zero-order valence-corrected chi connectivity index (χ0v) is 17.2. The van der Waals surface area contributed by atoms with Crippen LogP contribution in [0.15, 0.2) is 48.5 Å². The second-order valence-electron chi connectivity index (χ2n) is 8.43. The van der Waals surface area contributed by atoms with Gasteiger partial charge in [0.15, 0.2) is 17.3 Å². The molecular formula is C23H28N5+. The fraction of sp³-hybridized carbons (Fsp3) is 0.348. The largest absolute Gasteiger partial charge is 0.353 e. The van der Waals surface area contributed by atoms with Gasteiger partial charge in [-0.25, -0.2) is 4.98 Å². The minimum Gasteiger partial charge on any atom is -0.353 e. The Balaban J connectivity index is 1.78. The molecule has 0 unspecified atom stereocenters. The van der Waals surface area contributed by atoms with Gasteiger partial charge in [-0.15, -0.1) is 0 Å². The lowest BCUT2D eigenvalue weighted by Gasteiger charge is -2.33. The van der Waals surface area contributed by atoms with Crippen LogP contribution in [0.4, 0.5) is 17.2 Å². The fourth-order valence-corrected chi connectivity index (χ4v) is 4.69. The van der Waals surface area contributed by atoms with Crippen LogP contribution in [0.2, 0.25) is 0 Å². The number of likely N-dealkylation sites (N-methyl/N-ethyl adjacent to an activating group) is 1. The number of benzene rings is 2. The Kier molecular flexibility index (Phi) is 3.86. The Morgan fingerprint density at radius 3 is 2.25 bits per heavy atom. The standard InChI is InChI=1S/C23H28N5/c1-17-22(26-15-13-25(2)14-16-26)24-23-18-9-5-7-11-20(18)28(3,4)21-12-8-6-10-19(21)27(17)23/h5-12H,13-16H2,1-4H3/q+1. The Morgan fingerprint density at radius 1 is 0.857 bits per heavy atom. The van der Waals surface area contributed by atoms with Gasteiger partial charge in [-0.2, -0.15) is 0 Å². The number of piperazine rings is 1. The molecule has 2 aliphatic rings. The summed E-state index contributed by atoms with van der Waals surface area (Å²) in [5, 5.41) is 0. The lowest BCUT2D eigenvalue weighted by Crippen LogP contribution is -2.45. The molecule has 5 rings (SSSR count). The Hall–Kier alpha value is -2.63. The molecule has 0 radical (unpaired) electrons. The van der Waals surface area contributed by atoms with Crippen molar-refractivity contribution in [2.75, 3.05) is 52.2 Å². The molecule has 2 aromatic carbocycles. The number of hydrogen-bond acceptors (Lipinski definition) is 3. The van der Waals surface area contributed by atoms with Gasteiger partial charge in [0.25, 0.3) is 0 Å². The molecule has 28 heavy (non-hydrogen) atoms. The summed E-state index contributed by atoms with van der Waals surface area (Å²) in [4.78, 5) is 10.1. The molecule has 5 heteroatoms. The van der Waals surface area contributed by atoms with Crippen LogP contribution in [0, 0.1) is 6.92 Å². The third kappa shape index (κ3) is 2.43. The lowest BCUT2D eigenvalue weighted by molar-refractivity contribution is 0.312. The molecule has 0 atom stereocenters. The van der Waals surface area contributed by atoms with Crippen LogP contribution >= 0.6 is 0 Å². The van der Waals surface area contributed by atoms with Crippen molar-refractivity contribution in [2.45, 2.75) is 6.92 Å². The van der Waals surface area contributed by atoms with Crippen molar-refractivity contribution in [1.82, 2.24) is 18.9 Å². The summed E-state index contributed by atoms with van der Waals surface area (Å²) >= 11 is 0. The van der Waals surface area contributed by atoms with Crippen molar-refractivity contribution < 1.29 is 0 Å². The predicted molar refractivity (Wildman–Crippen MR) is 117 cm³/mol. The average molecular weight is 375 g/mol. The second kappa shape index (κ2) is 6.19. The molecule has 0 N–H and O–H groups in total. The van der Waals surface area contributed by atoms with E-state index >= 15 is 0 Å². The molecule has 0 saturated carbocycles. The summed E-state index contributed by atoms with van der Waals surface area (Å²) in [6.45, 7) is 6.43. The molecule has 3 heterocycles. The molecule has 144 valence electrons. The van der Waals surface area contributed by atoms with Crippen molar-refractivity contribution in [3.8, 4) is 17.1 Å². The smallest absolute Gasteiger partial charge is 0.161 e. The van der Waals surface area contributed by atoms with Gasteiger partial charge in [-0.3, -0.25) is 9.05 Å². The predicted octanol–water partition coefficient (Wildman–Crippen LogP) is 3.81. The van der Waals surface area contributed by atoms with Crippen LogP contribution in [-0.4, -0.2) is 61.8 Å². The van der Waals surface area contributed by atoms with Crippen molar-refractivity contribution >= 4 is 17.2 Å². The third-order valence-electron chi connectivity index (χ3n) is 6.36. The number of quaternary nitrogens is 1. The number of fused-ring (bicyclic) bond motifs is 5. The van der Waals surface area contributed by atoms with E-state index in [4.69, 9.17) is 4.98 Å². The minimum atomic E-state index is 0.707. The van der Waals surface area contributed by atoms with Crippen LogP contribution in [-0.2, 0) is 0 Å². The number of hydrogen-bond donors (Lipinski definition) is 0. The third-order valence-corrected chi connectivity index (χ3v) is 6.36. The molecular weight excluding hydrogens is 346 g/mol. The number of para-hydroxylation sites is 3. The first-order chi connectivity index (χ1) is 13.5. The Labute approximate surface area is 167 Å². The quantitative estimate of drug-likeness (QED) is 0.606. The maximum absolute atomic E-state index is 5.23. The van der Waals surface area contributed by atoms with E-state index < -0.39 is 0 Å². The highest BCUT2D eigenvalue weighted by Crippen LogP contribution is 2.46. The van der Waals surface area contributed by atoms with Gasteiger partial charge in [0.05, 0.1) is 25.4 Å². The topological polar surface area (TPSA) is 24.3 Å². The summed E-state index contributed by atoms with van der Waals surface area (Å²) in [6, 6.07) is 17.5. The molecule has 0 amide bonds. The molecule has 5 nitrogen and oxygen atoms in total. The number of rotatable bonds is 1. The average Bonchev–Trinajstić information content (AvgIpc) is 3.01. The molecule has 3 aromatic rings. The maximum atomic E-state index is 5.23. The highest BCUT2D eigenvalue weighted by molar-refractivity contribution is 5.84. The van der Waals surface area contributed by atoms with E-state index in [9.17, 15) is 0 Å².